The highest BCUT2D eigenvalue weighted by molar-refractivity contribution is 9.10. The number of allylic oxidation sites excluding steroid dienone is 1. The minimum absolute atomic E-state index is 0. The number of ether oxygens (including phenoxy) is 1. The van der Waals surface area contributed by atoms with Crippen LogP contribution < -0.4 is 5.32 Å². The molecule has 108 valence electrons. The zero-order valence-corrected chi connectivity index (χ0v) is 13.4. The Balaban J connectivity index is 0.00000147. The fourth-order valence-electron chi connectivity index (χ4n) is 2.59. The first-order valence-electron chi connectivity index (χ1n) is 6.63. The van der Waals surface area contributed by atoms with E-state index in [-0.39, 0.29) is 18.4 Å². The molecule has 1 fully saturated rings. The van der Waals surface area contributed by atoms with Crippen molar-refractivity contribution in [2.24, 2.45) is 5.92 Å². The third-order valence-corrected chi connectivity index (χ3v) is 4.71. The molecule has 0 unspecified atom stereocenters. The standard InChI is InChI=1S/C15H16BrNO2.ClH/c16-14-11(2-1-10-5-7-17-8-6-10)3-4-12-13(14)9-19-15(12)18;/h1-4,10,17H,5-9H2;1H/b2-1+;. The summed E-state index contributed by atoms with van der Waals surface area (Å²) < 4.78 is 6.04. The molecule has 1 saturated heterocycles. The Morgan fingerprint density at radius 2 is 2.05 bits per heavy atom. The zero-order chi connectivity index (χ0) is 13.2. The smallest absolute Gasteiger partial charge is 0.338 e. The maximum Gasteiger partial charge on any atom is 0.338 e. The van der Waals surface area contributed by atoms with Gasteiger partial charge in [-0.3, -0.25) is 0 Å². The molecular formula is C15H17BrClNO2. The maximum atomic E-state index is 11.5. The third kappa shape index (κ3) is 3.08. The normalized spacial score (nSPS) is 18.8. The van der Waals surface area contributed by atoms with Crippen LogP contribution in [0.4, 0.5) is 0 Å². The first kappa shape index (κ1) is 15.5. The van der Waals surface area contributed by atoms with E-state index in [1.807, 2.05) is 12.1 Å². The quantitative estimate of drug-likeness (QED) is 0.822. The van der Waals surface area contributed by atoms with E-state index in [1.54, 1.807) is 0 Å². The highest BCUT2D eigenvalue weighted by Crippen LogP contribution is 2.31. The van der Waals surface area contributed by atoms with Gasteiger partial charge in [0, 0.05) is 10.0 Å². The molecule has 5 heteroatoms. The van der Waals surface area contributed by atoms with E-state index in [9.17, 15) is 4.79 Å². The summed E-state index contributed by atoms with van der Waals surface area (Å²) in [6.07, 6.45) is 6.83. The molecule has 0 aromatic heterocycles. The molecule has 1 aromatic carbocycles. The van der Waals surface area contributed by atoms with Crippen molar-refractivity contribution in [3.05, 3.63) is 39.4 Å². The van der Waals surface area contributed by atoms with E-state index in [2.05, 4.69) is 33.4 Å². The summed E-state index contributed by atoms with van der Waals surface area (Å²) in [6.45, 7) is 2.58. The Labute approximate surface area is 133 Å². The third-order valence-electron chi connectivity index (χ3n) is 3.77. The predicted octanol–water partition coefficient (Wildman–Crippen LogP) is 3.55. The number of nitrogens with one attached hydrogen (secondary N) is 1. The Morgan fingerprint density at radius 1 is 1.30 bits per heavy atom. The number of carbonyl (C=O) groups excluding carboxylic acids is 1. The highest BCUT2D eigenvalue weighted by Gasteiger charge is 2.24. The van der Waals surface area contributed by atoms with Crippen molar-refractivity contribution in [1.82, 2.24) is 5.32 Å². The number of rotatable bonds is 2. The van der Waals surface area contributed by atoms with Crippen LogP contribution in [0.3, 0.4) is 0 Å². The van der Waals surface area contributed by atoms with Crippen molar-refractivity contribution in [1.29, 1.82) is 0 Å². The molecule has 0 bridgehead atoms. The predicted molar refractivity (Wildman–Crippen MR) is 85.1 cm³/mol. The number of hydrogen-bond donors (Lipinski definition) is 1. The van der Waals surface area contributed by atoms with Gasteiger partial charge in [0.25, 0.3) is 0 Å². The van der Waals surface area contributed by atoms with Crippen molar-refractivity contribution >= 4 is 40.4 Å². The number of benzene rings is 1. The second-order valence-corrected chi connectivity index (χ2v) is 5.81. The molecular weight excluding hydrogens is 342 g/mol. The topological polar surface area (TPSA) is 38.3 Å². The molecule has 1 N–H and O–H groups in total. The van der Waals surface area contributed by atoms with Gasteiger partial charge in [-0.1, -0.05) is 18.2 Å². The fourth-order valence-corrected chi connectivity index (χ4v) is 3.18. The van der Waals surface area contributed by atoms with Crippen LogP contribution in [0.25, 0.3) is 6.08 Å². The van der Waals surface area contributed by atoms with Crippen LogP contribution in [0, 0.1) is 5.92 Å². The van der Waals surface area contributed by atoms with Gasteiger partial charge in [0.1, 0.15) is 6.61 Å². The molecule has 1 aromatic rings. The lowest BCUT2D eigenvalue weighted by molar-refractivity contribution is 0.0535. The average molecular weight is 359 g/mol. The second-order valence-electron chi connectivity index (χ2n) is 5.02. The summed E-state index contributed by atoms with van der Waals surface area (Å²) in [5.41, 5.74) is 2.78. The summed E-state index contributed by atoms with van der Waals surface area (Å²) in [7, 11) is 0. The van der Waals surface area contributed by atoms with Crippen LogP contribution in [0.1, 0.15) is 34.3 Å². The molecule has 2 aliphatic rings. The van der Waals surface area contributed by atoms with Gasteiger partial charge in [-0.15, -0.1) is 12.4 Å². The van der Waals surface area contributed by atoms with Crippen molar-refractivity contribution in [3.63, 3.8) is 0 Å². The molecule has 0 aliphatic carbocycles. The summed E-state index contributed by atoms with van der Waals surface area (Å²) in [5.74, 6) is 0.434. The van der Waals surface area contributed by atoms with Crippen LogP contribution in [0.2, 0.25) is 0 Å². The number of hydrogen-bond acceptors (Lipinski definition) is 3. The van der Waals surface area contributed by atoms with E-state index in [0.29, 0.717) is 18.1 Å². The summed E-state index contributed by atoms with van der Waals surface area (Å²) in [6, 6.07) is 3.84. The molecule has 0 atom stereocenters. The van der Waals surface area contributed by atoms with Crippen LogP contribution >= 0.6 is 28.3 Å². The Kier molecular flexibility index (Phi) is 5.24. The largest absolute Gasteiger partial charge is 0.457 e. The molecule has 2 aliphatic heterocycles. The minimum atomic E-state index is -0.218. The molecule has 0 saturated carbocycles. The number of carbonyl (C=O) groups is 1. The molecule has 0 amide bonds. The summed E-state index contributed by atoms with van der Waals surface area (Å²) in [4.78, 5) is 11.5. The first-order chi connectivity index (χ1) is 9.25. The molecule has 2 heterocycles. The highest BCUT2D eigenvalue weighted by atomic mass is 79.9. The van der Waals surface area contributed by atoms with Crippen molar-refractivity contribution in [2.75, 3.05) is 13.1 Å². The molecule has 3 nitrogen and oxygen atoms in total. The van der Waals surface area contributed by atoms with Crippen LogP contribution in [0.5, 0.6) is 0 Å². The van der Waals surface area contributed by atoms with Gasteiger partial charge in [0.05, 0.1) is 5.56 Å². The van der Waals surface area contributed by atoms with E-state index in [0.717, 1.165) is 28.7 Å². The number of piperidine rings is 1. The summed E-state index contributed by atoms with van der Waals surface area (Å²) >= 11 is 3.59. The van der Waals surface area contributed by atoms with Gasteiger partial charge >= 0.3 is 5.97 Å². The number of halogens is 2. The number of esters is 1. The van der Waals surface area contributed by atoms with Gasteiger partial charge < -0.3 is 10.1 Å². The van der Waals surface area contributed by atoms with Crippen molar-refractivity contribution in [2.45, 2.75) is 19.4 Å². The van der Waals surface area contributed by atoms with Gasteiger partial charge in [-0.2, -0.15) is 0 Å². The lowest BCUT2D eigenvalue weighted by Gasteiger charge is -2.19. The average Bonchev–Trinajstić information content (AvgIpc) is 2.82. The van der Waals surface area contributed by atoms with E-state index >= 15 is 0 Å². The maximum absolute atomic E-state index is 11.5. The second kappa shape index (κ2) is 6.74. The lowest BCUT2D eigenvalue weighted by Crippen LogP contribution is -2.26. The van der Waals surface area contributed by atoms with E-state index < -0.39 is 0 Å². The van der Waals surface area contributed by atoms with E-state index in [4.69, 9.17) is 4.74 Å². The molecule has 20 heavy (non-hydrogen) atoms. The number of fused-ring (bicyclic) bond motifs is 1. The van der Waals surface area contributed by atoms with Gasteiger partial charge in [-0.25, -0.2) is 4.79 Å². The van der Waals surface area contributed by atoms with Gasteiger partial charge in [-0.05, 0) is 59.4 Å². The van der Waals surface area contributed by atoms with Gasteiger partial charge in [0.15, 0.2) is 0 Å². The molecule has 0 spiro atoms. The fraction of sp³-hybridized carbons (Fsp3) is 0.400. The van der Waals surface area contributed by atoms with E-state index in [1.165, 1.54) is 12.8 Å². The molecule has 3 rings (SSSR count). The van der Waals surface area contributed by atoms with Crippen LogP contribution in [-0.4, -0.2) is 19.1 Å². The Morgan fingerprint density at radius 3 is 2.80 bits per heavy atom. The minimum Gasteiger partial charge on any atom is -0.457 e. The zero-order valence-electron chi connectivity index (χ0n) is 11.0. The Hall–Kier alpha value is -0.840. The summed E-state index contributed by atoms with van der Waals surface area (Å²) in [5, 5.41) is 3.37. The first-order valence-corrected chi connectivity index (χ1v) is 7.42. The van der Waals surface area contributed by atoms with Crippen molar-refractivity contribution < 1.29 is 9.53 Å². The van der Waals surface area contributed by atoms with Crippen LogP contribution in [0.15, 0.2) is 22.7 Å². The lowest BCUT2D eigenvalue weighted by atomic mass is 9.96. The number of cyclic esters (lactones) is 1. The monoisotopic (exact) mass is 357 g/mol. The van der Waals surface area contributed by atoms with Gasteiger partial charge in [0.2, 0.25) is 0 Å². The SMILES string of the molecule is Cl.O=C1OCc2c1ccc(/C=C/C1CCNCC1)c2Br. The van der Waals surface area contributed by atoms with Crippen LogP contribution in [-0.2, 0) is 11.3 Å². The Bertz CT molecular complexity index is 539. The molecule has 0 radical (unpaired) electrons. The van der Waals surface area contributed by atoms with Crippen molar-refractivity contribution in [3.8, 4) is 0 Å².